The number of hydrogen-bond donors (Lipinski definition) is 1. The van der Waals surface area contributed by atoms with Crippen molar-refractivity contribution in [3.63, 3.8) is 0 Å². The van der Waals surface area contributed by atoms with E-state index in [-0.39, 0.29) is 18.0 Å². The Balaban J connectivity index is 2.32. The van der Waals surface area contributed by atoms with E-state index in [1.54, 1.807) is 6.07 Å². The fourth-order valence-corrected chi connectivity index (χ4v) is 2.62. The molecule has 0 radical (unpaired) electrons. The van der Waals surface area contributed by atoms with Crippen molar-refractivity contribution in [1.82, 2.24) is 0 Å². The molecule has 0 amide bonds. The molecule has 1 aromatic carbocycles. The minimum Gasteiger partial charge on any atom is -0.376 e. The molecule has 3 nitrogen and oxygen atoms in total. The van der Waals surface area contributed by atoms with Gasteiger partial charge < -0.3 is 15.4 Å². The second-order valence-corrected chi connectivity index (χ2v) is 5.03. The van der Waals surface area contributed by atoms with Crippen molar-refractivity contribution in [2.45, 2.75) is 38.5 Å². The van der Waals surface area contributed by atoms with Crippen molar-refractivity contribution < 1.29 is 9.13 Å². The van der Waals surface area contributed by atoms with E-state index < -0.39 is 0 Å². The number of nitrogens with zero attached hydrogens (tertiary/aromatic N) is 1. The minimum absolute atomic E-state index is 0.184. The van der Waals surface area contributed by atoms with E-state index in [1.165, 1.54) is 12.1 Å². The lowest BCUT2D eigenvalue weighted by Gasteiger charge is -2.31. The summed E-state index contributed by atoms with van der Waals surface area (Å²) in [6.07, 6.45) is 1.19. The predicted molar refractivity (Wildman–Crippen MR) is 71.2 cm³/mol. The molecule has 0 saturated carbocycles. The number of hydrogen-bond acceptors (Lipinski definition) is 3. The topological polar surface area (TPSA) is 38.5 Å². The van der Waals surface area contributed by atoms with Gasteiger partial charge in [0, 0.05) is 25.4 Å². The lowest BCUT2D eigenvalue weighted by atomic mass is 10.0. The minimum atomic E-state index is -0.241. The summed E-state index contributed by atoms with van der Waals surface area (Å²) in [5.41, 5.74) is 7.77. The average Bonchev–Trinajstić information content (AvgIpc) is 2.74. The van der Waals surface area contributed by atoms with E-state index in [1.807, 2.05) is 14.0 Å². The second-order valence-electron chi connectivity index (χ2n) is 5.03. The lowest BCUT2D eigenvalue weighted by Crippen LogP contribution is -2.37. The summed E-state index contributed by atoms with van der Waals surface area (Å²) in [5, 5.41) is 0. The third kappa shape index (κ3) is 2.49. The maximum atomic E-state index is 13.3. The van der Waals surface area contributed by atoms with E-state index in [0.717, 1.165) is 24.3 Å². The Kier molecular flexibility index (Phi) is 3.88. The SMILES string of the molecule is CC1OCCC1N(C)c1ccc(F)cc1[C@H](C)N. The first-order valence-electron chi connectivity index (χ1n) is 6.40. The Morgan fingerprint density at radius 1 is 1.50 bits per heavy atom. The van der Waals surface area contributed by atoms with Gasteiger partial charge in [-0.2, -0.15) is 0 Å². The molecule has 2 N–H and O–H groups in total. The molecule has 2 rings (SSSR count). The van der Waals surface area contributed by atoms with Gasteiger partial charge >= 0.3 is 0 Å². The van der Waals surface area contributed by atoms with Gasteiger partial charge in [0.05, 0.1) is 12.1 Å². The van der Waals surface area contributed by atoms with Crippen LogP contribution in [0.4, 0.5) is 10.1 Å². The number of ether oxygens (including phenoxy) is 1. The predicted octanol–water partition coefficient (Wildman–Crippen LogP) is 2.46. The molecule has 0 bridgehead atoms. The number of likely N-dealkylation sites (N-methyl/N-ethyl adjacent to an activating group) is 1. The Labute approximate surface area is 108 Å². The average molecular weight is 252 g/mol. The molecular formula is C14H21FN2O. The second kappa shape index (κ2) is 5.24. The quantitative estimate of drug-likeness (QED) is 0.898. The van der Waals surface area contributed by atoms with Crippen LogP contribution in [0.5, 0.6) is 0 Å². The summed E-state index contributed by atoms with van der Waals surface area (Å²) in [4.78, 5) is 2.16. The van der Waals surface area contributed by atoms with Crippen LogP contribution in [0.3, 0.4) is 0 Å². The molecule has 1 aliphatic heterocycles. The van der Waals surface area contributed by atoms with E-state index in [0.29, 0.717) is 6.04 Å². The molecule has 0 aliphatic carbocycles. The van der Waals surface area contributed by atoms with Crippen LogP contribution in [-0.2, 0) is 4.74 Å². The molecule has 18 heavy (non-hydrogen) atoms. The highest BCUT2D eigenvalue weighted by atomic mass is 19.1. The first kappa shape index (κ1) is 13.3. The molecule has 1 aliphatic rings. The molecule has 0 spiro atoms. The summed E-state index contributed by atoms with van der Waals surface area (Å²) in [6.45, 7) is 4.73. The summed E-state index contributed by atoms with van der Waals surface area (Å²) in [7, 11) is 2.02. The van der Waals surface area contributed by atoms with E-state index >= 15 is 0 Å². The highest BCUT2D eigenvalue weighted by Gasteiger charge is 2.29. The fourth-order valence-electron chi connectivity index (χ4n) is 2.62. The van der Waals surface area contributed by atoms with Crippen LogP contribution >= 0.6 is 0 Å². The van der Waals surface area contributed by atoms with Gasteiger partial charge in [0.25, 0.3) is 0 Å². The monoisotopic (exact) mass is 252 g/mol. The van der Waals surface area contributed by atoms with Gasteiger partial charge in [0.2, 0.25) is 0 Å². The number of rotatable bonds is 3. The zero-order valence-electron chi connectivity index (χ0n) is 11.2. The molecule has 1 aromatic rings. The van der Waals surface area contributed by atoms with Crippen LogP contribution in [0, 0.1) is 5.82 Å². The van der Waals surface area contributed by atoms with Crippen LogP contribution in [0.15, 0.2) is 18.2 Å². The van der Waals surface area contributed by atoms with Crippen LogP contribution in [0.2, 0.25) is 0 Å². The van der Waals surface area contributed by atoms with Gasteiger partial charge in [0.1, 0.15) is 5.82 Å². The standard InChI is InChI=1S/C14H21FN2O/c1-9(16)12-8-11(15)4-5-14(12)17(3)13-6-7-18-10(13)2/h4-5,8-10,13H,6-7,16H2,1-3H3/t9-,10?,13?/m0/s1. The van der Waals surface area contributed by atoms with Crippen LogP contribution < -0.4 is 10.6 Å². The Hall–Kier alpha value is -1.13. The molecule has 4 heteroatoms. The molecule has 1 fully saturated rings. The van der Waals surface area contributed by atoms with Gasteiger partial charge in [-0.25, -0.2) is 4.39 Å². The van der Waals surface area contributed by atoms with Crippen LogP contribution in [0.1, 0.15) is 31.9 Å². The highest BCUT2D eigenvalue weighted by Crippen LogP contribution is 2.30. The first-order valence-corrected chi connectivity index (χ1v) is 6.40. The van der Waals surface area contributed by atoms with E-state index in [9.17, 15) is 4.39 Å². The molecular weight excluding hydrogens is 231 g/mol. The highest BCUT2D eigenvalue weighted by molar-refractivity contribution is 5.55. The Bertz CT molecular complexity index is 422. The molecule has 100 valence electrons. The van der Waals surface area contributed by atoms with Crippen LogP contribution in [0.25, 0.3) is 0 Å². The van der Waals surface area contributed by atoms with Gasteiger partial charge in [-0.05, 0) is 44.0 Å². The van der Waals surface area contributed by atoms with Crippen molar-refractivity contribution in [2.24, 2.45) is 5.73 Å². The summed E-state index contributed by atoms with van der Waals surface area (Å²) in [6, 6.07) is 4.96. The van der Waals surface area contributed by atoms with Crippen molar-refractivity contribution in [2.75, 3.05) is 18.6 Å². The van der Waals surface area contributed by atoms with E-state index in [2.05, 4.69) is 11.8 Å². The lowest BCUT2D eigenvalue weighted by molar-refractivity contribution is 0.118. The number of benzene rings is 1. The van der Waals surface area contributed by atoms with Crippen LogP contribution in [-0.4, -0.2) is 25.8 Å². The molecule has 1 heterocycles. The fraction of sp³-hybridized carbons (Fsp3) is 0.571. The molecule has 2 unspecified atom stereocenters. The van der Waals surface area contributed by atoms with E-state index in [4.69, 9.17) is 10.5 Å². The smallest absolute Gasteiger partial charge is 0.123 e. The third-order valence-electron chi connectivity index (χ3n) is 3.69. The van der Waals surface area contributed by atoms with Crippen molar-refractivity contribution in [1.29, 1.82) is 0 Å². The molecule has 0 aromatic heterocycles. The zero-order chi connectivity index (χ0) is 13.3. The van der Waals surface area contributed by atoms with Crippen molar-refractivity contribution in [3.8, 4) is 0 Å². The maximum Gasteiger partial charge on any atom is 0.123 e. The maximum absolute atomic E-state index is 13.3. The van der Waals surface area contributed by atoms with Gasteiger partial charge in [-0.1, -0.05) is 0 Å². The number of anilines is 1. The largest absolute Gasteiger partial charge is 0.376 e. The molecule has 3 atom stereocenters. The van der Waals surface area contributed by atoms with Crippen molar-refractivity contribution >= 4 is 5.69 Å². The Morgan fingerprint density at radius 2 is 2.22 bits per heavy atom. The zero-order valence-corrected chi connectivity index (χ0v) is 11.2. The normalized spacial score (nSPS) is 25.2. The third-order valence-corrected chi connectivity index (χ3v) is 3.69. The summed E-state index contributed by atoms with van der Waals surface area (Å²) in [5.74, 6) is -0.241. The summed E-state index contributed by atoms with van der Waals surface area (Å²) >= 11 is 0. The first-order chi connectivity index (χ1) is 8.50. The van der Waals surface area contributed by atoms with Crippen molar-refractivity contribution in [3.05, 3.63) is 29.6 Å². The number of halogens is 1. The van der Waals surface area contributed by atoms with Gasteiger partial charge in [-0.3, -0.25) is 0 Å². The number of nitrogens with two attached hydrogens (primary N) is 1. The van der Waals surface area contributed by atoms with Gasteiger partial charge in [0.15, 0.2) is 0 Å². The summed E-state index contributed by atoms with van der Waals surface area (Å²) < 4.78 is 18.9. The Morgan fingerprint density at radius 3 is 2.78 bits per heavy atom. The van der Waals surface area contributed by atoms with Gasteiger partial charge in [-0.15, -0.1) is 0 Å². The molecule has 1 saturated heterocycles.